The molecule has 0 spiro atoms. The van der Waals surface area contributed by atoms with E-state index in [0.29, 0.717) is 6.42 Å². The molecule has 1 aliphatic rings. The van der Waals surface area contributed by atoms with Crippen LogP contribution in [0.1, 0.15) is 40.5 Å². The van der Waals surface area contributed by atoms with Gasteiger partial charge < -0.3 is 4.90 Å². The normalized spacial score (nSPS) is 13.0. The molecule has 0 saturated carbocycles. The molecule has 1 aliphatic heterocycles. The molecule has 0 N–H and O–H groups in total. The van der Waals surface area contributed by atoms with Gasteiger partial charge in [-0.15, -0.1) is 13.2 Å². The molecule has 0 atom stereocenters. The maximum absolute atomic E-state index is 10.7. The third-order valence-electron chi connectivity index (χ3n) is 1.33. The van der Waals surface area contributed by atoms with Crippen LogP contribution in [0.3, 0.4) is 0 Å². The topological polar surface area (TPSA) is 20.3 Å². The zero-order chi connectivity index (χ0) is 13.1. The van der Waals surface area contributed by atoms with Gasteiger partial charge >= 0.3 is 0 Å². The van der Waals surface area contributed by atoms with E-state index in [1.807, 2.05) is 27.7 Å². The van der Waals surface area contributed by atoms with Gasteiger partial charge in [0.1, 0.15) is 0 Å². The Morgan fingerprint density at radius 2 is 1.56 bits per heavy atom. The fraction of sp³-hybridized carbons (Fsp3) is 0.500. The van der Waals surface area contributed by atoms with Crippen molar-refractivity contribution in [3.05, 3.63) is 37.1 Å². The molecule has 0 aromatic carbocycles. The highest BCUT2D eigenvalue weighted by molar-refractivity contribution is 5.78. The van der Waals surface area contributed by atoms with E-state index >= 15 is 0 Å². The van der Waals surface area contributed by atoms with Gasteiger partial charge in [0.2, 0.25) is 5.91 Å². The summed E-state index contributed by atoms with van der Waals surface area (Å²) in [5, 5.41) is 0. The molecule has 92 valence electrons. The van der Waals surface area contributed by atoms with E-state index in [1.54, 1.807) is 11.1 Å². The van der Waals surface area contributed by atoms with Gasteiger partial charge in [-0.1, -0.05) is 17.7 Å². The number of nitrogens with zero attached hydrogens (tertiary/aromatic N) is 1. The van der Waals surface area contributed by atoms with Gasteiger partial charge in [0.05, 0.1) is 0 Å². The van der Waals surface area contributed by atoms with Gasteiger partial charge in [-0.25, -0.2) is 0 Å². The van der Waals surface area contributed by atoms with E-state index in [0.717, 1.165) is 13.0 Å². The molecule has 16 heavy (non-hydrogen) atoms. The van der Waals surface area contributed by atoms with Crippen molar-refractivity contribution in [3.63, 3.8) is 0 Å². The summed E-state index contributed by atoms with van der Waals surface area (Å²) >= 11 is 0. The number of rotatable bonds is 1. The van der Waals surface area contributed by atoms with Crippen LogP contribution in [-0.4, -0.2) is 17.4 Å². The Bertz CT molecular complexity index is 233. The van der Waals surface area contributed by atoms with Gasteiger partial charge in [-0.2, -0.15) is 0 Å². The third kappa shape index (κ3) is 15.2. The molecule has 0 aromatic rings. The van der Waals surface area contributed by atoms with Crippen molar-refractivity contribution in [1.82, 2.24) is 4.90 Å². The van der Waals surface area contributed by atoms with Gasteiger partial charge in [0, 0.05) is 13.0 Å². The summed E-state index contributed by atoms with van der Waals surface area (Å²) in [6.45, 7) is 19.4. The molecule has 1 fully saturated rings. The molecule has 2 heteroatoms. The van der Waals surface area contributed by atoms with Gasteiger partial charge in [-0.3, -0.25) is 4.79 Å². The number of allylic oxidation sites excluding steroid dienone is 2. The van der Waals surface area contributed by atoms with E-state index in [2.05, 4.69) is 19.7 Å². The first kappa shape index (κ1) is 17.1. The van der Waals surface area contributed by atoms with E-state index in [1.165, 1.54) is 11.1 Å². The van der Waals surface area contributed by atoms with E-state index < -0.39 is 0 Å². The Labute approximate surface area is 100 Å². The fourth-order valence-corrected chi connectivity index (χ4v) is 0.862. The molecule has 2 nitrogen and oxygen atoms in total. The first-order valence-electron chi connectivity index (χ1n) is 5.47. The van der Waals surface area contributed by atoms with Crippen molar-refractivity contribution in [3.8, 4) is 0 Å². The van der Waals surface area contributed by atoms with Crippen molar-refractivity contribution in [1.29, 1.82) is 0 Å². The van der Waals surface area contributed by atoms with Crippen LogP contribution in [-0.2, 0) is 4.79 Å². The van der Waals surface area contributed by atoms with Crippen LogP contribution in [0.25, 0.3) is 0 Å². The second-order valence-electron chi connectivity index (χ2n) is 4.29. The largest absolute Gasteiger partial charge is 0.320 e. The fourth-order valence-electron chi connectivity index (χ4n) is 0.862. The minimum atomic E-state index is 0.208. The van der Waals surface area contributed by atoms with Gasteiger partial charge in [-0.05, 0) is 40.3 Å². The summed E-state index contributed by atoms with van der Waals surface area (Å²) in [4.78, 5) is 12.3. The zero-order valence-electron chi connectivity index (χ0n) is 11.2. The second-order valence-corrected chi connectivity index (χ2v) is 4.29. The van der Waals surface area contributed by atoms with Crippen molar-refractivity contribution in [2.24, 2.45) is 0 Å². The molecule has 0 aromatic heterocycles. The van der Waals surface area contributed by atoms with Crippen LogP contribution in [0.5, 0.6) is 0 Å². The number of amides is 1. The first-order chi connectivity index (χ1) is 7.31. The number of likely N-dealkylation sites (tertiary alicyclic amines) is 1. The Balaban J connectivity index is 0. The number of hydrogen-bond donors (Lipinski definition) is 0. The highest BCUT2D eigenvalue weighted by Crippen LogP contribution is 2.08. The predicted molar refractivity (Wildman–Crippen MR) is 72.1 cm³/mol. The molecule has 0 radical (unpaired) electrons. The standard InChI is InChI=1S/C6H9NO.2C4H8/c1-2-7-5-3-4-6(7)8;2*1-4(2)3/h2H,1,3-5H2;2*1H2,2-3H3. The molecular weight excluding hydrogens is 198 g/mol. The maximum Gasteiger partial charge on any atom is 0.226 e. The number of carbonyl (C=O) groups excluding carboxylic acids is 1. The third-order valence-corrected chi connectivity index (χ3v) is 1.33. The van der Waals surface area contributed by atoms with Crippen molar-refractivity contribution in [2.75, 3.05) is 6.54 Å². The summed E-state index contributed by atoms with van der Waals surface area (Å²) in [5.74, 6) is 0.208. The lowest BCUT2D eigenvalue weighted by molar-refractivity contribution is -0.125. The molecule has 1 rings (SSSR count). The average molecular weight is 223 g/mol. The lowest BCUT2D eigenvalue weighted by Gasteiger charge is -2.05. The van der Waals surface area contributed by atoms with Gasteiger partial charge in [0.25, 0.3) is 0 Å². The SMILES string of the molecule is C=C(C)C.C=C(C)C.C=CN1CCCC1=O. The Hall–Kier alpha value is -1.31. The molecular formula is C14H25NO. The monoisotopic (exact) mass is 223 g/mol. The predicted octanol–water partition coefficient (Wildman–Crippen LogP) is 3.92. The quantitative estimate of drug-likeness (QED) is 0.617. The molecule has 1 saturated heterocycles. The van der Waals surface area contributed by atoms with Crippen LogP contribution in [0.4, 0.5) is 0 Å². The summed E-state index contributed by atoms with van der Waals surface area (Å²) in [6.07, 6.45) is 3.28. The maximum atomic E-state index is 10.7. The Kier molecular flexibility index (Phi) is 10.9. The van der Waals surface area contributed by atoms with E-state index in [4.69, 9.17) is 0 Å². The summed E-state index contributed by atoms with van der Waals surface area (Å²) in [6, 6.07) is 0. The van der Waals surface area contributed by atoms with Crippen LogP contribution < -0.4 is 0 Å². The minimum Gasteiger partial charge on any atom is -0.320 e. The Morgan fingerprint density at radius 3 is 1.69 bits per heavy atom. The highest BCUT2D eigenvalue weighted by atomic mass is 16.2. The smallest absolute Gasteiger partial charge is 0.226 e. The second kappa shape index (κ2) is 10.2. The van der Waals surface area contributed by atoms with E-state index in [9.17, 15) is 4.79 Å². The lowest BCUT2D eigenvalue weighted by atomic mass is 10.4. The lowest BCUT2D eigenvalue weighted by Crippen LogP contribution is -2.16. The van der Waals surface area contributed by atoms with Crippen molar-refractivity contribution < 1.29 is 4.79 Å². The van der Waals surface area contributed by atoms with Crippen molar-refractivity contribution in [2.45, 2.75) is 40.5 Å². The van der Waals surface area contributed by atoms with Crippen molar-refractivity contribution >= 4 is 5.91 Å². The molecule has 0 unspecified atom stereocenters. The van der Waals surface area contributed by atoms with Crippen LogP contribution >= 0.6 is 0 Å². The average Bonchev–Trinajstić information content (AvgIpc) is 2.48. The molecule has 0 bridgehead atoms. The molecule has 1 amide bonds. The molecule has 1 heterocycles. The first-order valence-corrected chi connectivity index (χ1v) is 5.47. The van der Waals surface area contributed by atoms with E-state index in [-0.39, 0.29) is 5.91 Å². The summed E-state index contributed by atoms with van der Waals surface area (Å²) in [7, 11) is 0. The number of hydrogen-bond acceptors (Lipinski definition) is 1. The highest BCUT2D eigenvalue weighted by Gasteiger charge is 2.15. The summed E-state index contributed by atoms with van der Waals surface area (Å²) < 4.78 is 0. The summed E-state index contributed by atoms with van der Waals surface area (Å²) in [5.41, 5.74) is 2.33. The Morgan fingerprint density at radius 1 is 1.19 bits per heavy atom. The number of carbonyl (C=O) groups is 1. The minimum absolute atomic E-state index is 0.208. The zero-order valence-corrected chi connectivity index (χ0v) is 11.2. The van der Waals surface area contributed by atoms with Crippen LogP contribution in [0, 0.1) is 0 Å². The van der Waals surface area contributed by atoms with Gasteiger partial charge in [0.15, 0.2) is 0 Å². The molecule has 0 aliphatic carbocycles. The van der Waals surface area contributed by atoms with Crippen LogP contribution in [0.15, 0.2) is 37.1 Å². The van der Waals surface area contributed by atoms with Crippen LogP contribution in [0.2, 0.25) is 0 Å².